The van der Waals surface area contributed by atoms with Gasteiger partial charge in [-0.05, 0) is 50.0 Å². The van der Waals surface area contributed by atoms with Crippen molar-refractivity contribution in [3.05, 3.63) is 29.8 Å². The molecule has 5 rings (SSSR count). The van der Waals surface area contributed by atoms with Crippen molar-refractivity contribution in [3.8, 4) is 17.1 Å². The second kappa shape index (κ2) is 9.44. The monoisotopic (exact) mass is 555 g/mol. The van der Waals surface area contributed by atoms with Crippen molar-refractivity contribution in [1.82, 2.24) is 20.1 Å². The molecule has 1 spiro atoms. The van der Waals surface area contributed by atoms with Gasteiger partial charge in [0, 0.05) is 36.1 Å². The second-order valence-corrected chi connectivity index (χ2v) is 10.8. The summed E-state index contributed by atoms with van der Waals surface area (Å²) in [7, 11) is 1.37. The van der Waals surface area contributed by atoms with E-state index in [-0.39, 0.29) is 48.1 Å². The lowest BCUT2D eigenvalue weighted by molar-refractivity contribution is -0.282. The molecule has 14 heteroatoms. The maximum atomic E-state index is 14.4. The van der Waals surface area contributed by atoms with Crippen LogP contribution in [0.4, 0.5) is 17.6 Å². The number of carbonyl (C=O) groups is 2. The number of nitrogens with two attached hydrogens (primary N) is 1. The van der Waals surface area contributed by atoms with Gasteiger partial charge >= 0.3 is 6.18 Å². The number of pyridine rings is 1. The molecule has 1 saturated heterocycles. The Balaban J connectivity index is 1.40. The van der Waals surface area contributed by atoms with Gasteiger partial charge in [-0.2, -0.15) is 18.3 Å². The third-order valence-corrected chi connectivity index (χ3v) is 8.69. The molecule has 3 heterocycles. The summed E-state index contributed by atoms with van der Waals surface area (Å²) in [5, 5.41) is 27.5. The van der Waals surface area contributed by atoms with Crippen molar-refractivity contribution in [2.24, 2.45) is 23.5 Å². The highest BCUT2D eigenvalue weighted by molar-refractivity contribution is 5.94. The Bertz CT molecular complexity index is 1290. The summed E-state index contributed by atoms with van der Waals surface area (Å²) in [5.74, 6) is -3.06. The number of piperidine rings is 1. The van der Waals surface area contributed by atoms with E-state index in [1.807, 2.05) is 0 Å². The van der Waals surface area contributed by atoms with E-state index >= 15 is 0 Å². The van der Waals surface area contributed by atoms with Crippen molar-refractivity contribution < 1.29 is 42.1 Å². The van der Waals surface area contributed by atoms with Crippen LogP contribution in [0.2, 0.25) is 0 Å². The first-order valence-corrected chi connectivity index (χ1v) is 12.6. The largest absolute Gasteiger partial charge is 0.481 e. The average Bonchev–Trinajstić information content (AvgIpc) is 3.33. The molecule has 1 aliphatic heterocycles. The number of nitrogens with one attached hydrogen (secondary N) is 1. The molecule has 0 bridgehead atoms. The predicted molar refractivity (Wildman–Crippen MR) is 126 cm³/mol. The van der Waals surface area contributed by atoms with Crippen molar-refractivity contribution in [1.29, 1.82) is 0 Å². The van der Waals surface area contributed by atoms with Gasteiger partial charge in [0.25, 0.3) is 5.91 Å². The van der Waals surface area contributed by atoms with E-state index in [9.17, 15) is 37.4 Å². The summed E-state index contributed by atoms with van der Waals surface area (Å²) in [5.41, 5.74) is 1.96. The highest BCUT2D eigenvalue weighted by atomic mass is 19.4. The molecule has 2 amide bonds. The number of carbonyl (C=O) groups excluding carboxylic acids is 2. The molecule has 3 aliphatic rings. The van der Waals surface area contributed by atoms with Crippen molar-refractivity contribution in [2.75, 3.05) is 13.7 Å². The van der Waals surface area contributed by atoms with Crippen molar-refractivity contribution in [2.45, 2.75) is 61.9 Å². The molecule has 6 atom stereocenters. The second-order valence-electron chi connectivity index (χ2n) is 10.8. The van der Waals surface area contributed by atoms with E-state index < -0.39 is 65.7 Å². The van der Waals surface area contributed by atoms with E-state index in [0.29, 0.717) is 12.8 Å². The molecule has 5 N–H and O–H groups in total. The molecule has 0 radical (unpaired) electrons. The van der Waals surface area contributed by atoms with Crippen LogP contribution in [-0.4, -0.2) is 79.2 Å². The number of nitrogens with zero attached hydrogens (tertiary/aromatic N) is 3. The Labute approximate surface area is 220 Å². The number of primary amides is 1. The summed E-state index contributed by atoms with van der Waals surface area (Å²) < 4.78 is 59.5. The first-order chi connectivity index (χ1) is 18.3. The summed E-state index contributed by atoms with van der Waals surface area (Å²) in [6.45, 7) is 0.157. The third-order valence-electron chi connectivity index (χ3n) is 8.69. The number of hydrogen-bond acceptors (Lipinski definition) is 7. The number of hydrogen-bond donors (Lipinski definition) is 4. The summed E-state index contributed by atoms with van der Waals surface area (Å²) in [6, 6.07) is 2.72. The van der Waals surface area contributed by atoms with E-state index in [4.69, 9.17) is 10.5 Å². The molecule has 2 saturated carbocycles. The van der Waals surface area contributed by atoms with Gasteiger partial charge in [0.2, 0.25) is 11.8 Å². The van der Waals surface area contributed by atoms with Gasteiger partial charge in [-0.3, -0.25) is 14.7 Å². The maximum absolute atomic E-state index is 14.4. The lowest BCUT2D eigenvalue weighted by Crippen LogP contribution is -2.55. The minimum atomic E-state index is -4.87. The van der Waals surface area contributed by atoms with Gasteiger partial charge in [0.1, 0.15) is 5.69 Å². The number of likely N-dealkylation sites (tertiary alicyclic amines) is 1. The van der Waals surface area contributed by atoms with Gasteiger partial charge in [0.05, 0.1) is 25.1 Å². The van der Waals surface area contributed by atoms with Crippen LogP contribution in [0, 0.1) is 23.6 Å². The Kier molecular flexibility index (Phi) is 6.61. The minimum absolute atomic E-state index is 0.0540. The highest BCUT2D eigenvalue weighted by Crippen LogP contribution is 2.62. The number of aliphatic hydroxyl groups excluding tert-OH is 1. The summed E-state index contributed by atoms with van der Waals surface area (Å²) >= 11 is 0. The quantitative estimate of drug-likeness (QED) is 0.412. The standard InChI is InChI=1S/C25H29F4N5O5/c1-39-20-6-14(16(26)11-31-20)17-7-18(33-32-17)22(37)34-5-3-12(21(30)36)8-23(34)9-15(23)13-2-4-24(38,10-19(13)35)25(27,28)29/h6-7,11-13,15,19,35,38H,2-5,8-10H2,1H3,(H2,30,36)(H,32,33)/t12?,13-,15?,19-,23?,24-/m1/s1. The normalized spacial score (nSPS) is 32.7. The van der Waals surface area contributed by atoms with Gasteiger partial charge in [-0.25, -0.2) is 9.37 Å². The number of methoxy groups -OCH3 is 1. The van der Waals surface area contributed by atoms with Crippen LogP contribution in [0.5, 0.6) is 5.88 Å². The molecule has 2 aromatic rings. The van der Waals surface area contributed by atoms with Gasteiger partial charge in [0.15, 0.2) is 11.4 Å². The number of aromatic amines is 1. The van der Waals surface area contributed by atoms with Crippen LogP contribution in [-0.2, 0) is 4.79 Å². The Morgan fingerprint density at radius 3 is 2.62 bits per heavy atom. The van der Waals surface area contributed by atoms with E-state index in [1.165, 1.54) is 19.2 Å². The number of amides is 2. The Morgan fingerprint density at radius 2 is 1.97 bits per heavy atom. The molecule has 212 valence electrons. The molecule has 2 aromatic heterocycles. The molecule has 10 nitrogen and oxygen atoms in total. The van der Waals surface area contributed by atoms with Gasteiger partial charge in [-0.1, -0.05) is 0 Å². The predicted octanol–water partition coefficient (Wildman–Crippen LogP) is 2.17. The molecular formula is C25H29F4N5O5. The lowest BCUT2D eigenvalue weighted by atomic mass is 9.72. The molecule has 3 unspecified atom stereocenters. The van der Waals surface area contributed by atoms with Crippen molar-refractivity contribution >= 4 is 11.8 Å². The number of halogens is 4. The summed E-state index contributed by atoms with van der Waals surface area (Å²) in [4.78, 5) is 31.1. The smallest absolute Gasteiger partial charge is 0.417 e. The number of aromatic nitrogens is 3. The molecule has 39 heavy (non-hydrogen) atoms. The maximum Gasteiger partial charge on any atom is 0.417 e. The number of H-pyrrole nitrogens is 1. The van der Waals surface area contributed by atoms with Crippen molar-refractivity contribution in [3.63, 3.8) is 0 Å². The number of aliphatic hydroxyl groups is 2. The number of ether oxygens (including phenoxy) is 1. The summed E-state index contributed by atoms with van der Waals surface area (Å²) in [6.07, 6.45) is -5.98. The van der Waals surface area contributed by atoms with Crippen LogP contribution in [0.3, 0.4) is 0 Å². The molecule has 0 aromatic carbocycles. The highest BCUT2D eigenvalue weighted by Gasteiger charge is 2.67. The zero-order valence-corrected chi connectivity index (χ0v) is 21.0. The van der Waals surface area contributed by atoms with Gasteiger partial charge < -0.3 is 25.6 Å². The van der Waals surface area contributed by atoms with E-state index in [1.54, 1.807) is 4.90 Å². The lowest BCUT2D eigenvalue weighted by Gasteiger charge is -2.44. The molecule has 2 aliphatic carbocycles. The topological polar surface area (TPSA) is 155 Å². The van der Waals surface area contributed by atoms with Crippen LogP contribution < -0.4 is 10.5 Å². The first kappa shape index (κ1) is 27.3. The fourth-order valence-corrected chi connectivity index (χ4v) is 6.48. The van der Waals surface area contributed by atoms with Crippen LogP contribution in [0.25, 0.3) is 11.3 Å². The van der Waals surface area contributed by atoms with Crippen LogP contribution >= 0.6 is 0 Å². The zero-order chi connectivity index (χ0) is 28.3. The Hall–Kier alpha value is -3.26. The van der Waals surface area contributed by atoms with Crippen LogP contribution in [0.1, 0.15) is 49.0 Å². The number of alkyl halides is 3. The molecular weight excluding hydrogens is 526 g/mol. The third kappa shape index (κ3) is 4.62. The van der Waals surface area contributed by atoms with E-state index in [0.717, 1.165) is 6.20 Å². The number of rotatable bonds is 5. The minimum Gasteiger partial charge on any atom is -0.481 e. The fourth-order valence-electron chi connectivity index (χ4n) is 6.48. The molecule has 3 fully saturated rings. The average molecular weight is 556 g/mol. The SMILES string of the molecule is COc1cc(-c2cc(C(=O)N3CCC(C(N)=O)CC34CC4[C@H]3CC[C@](O)(C(F)(F)F)C[C@H]3O)[nH]n2)c(F)cn1. The zero-order valence-electron chi connectivity index (χ0n) is 21.0. The first-order valence-electron chi connectivity index (χ1n) is 12.6. The fraction of sp³-hybridized carbons (Fsp3) is 0.600. The van der Waals surface area contributed by atoms with E-state index in [2.05, 4.69) is 15.2 Å². The van der Waals surface area contributed by atoms with Crippen LogP contribution in [0.15, 0.2) is 18.3 Å². The Morgan fingerprint density at radius 1 is 1.23 bits per heavy atom. The van der Waals surface area contributed by atoms with Gasteiger partial charge in [-0.15, -0.1) is 0 Å².